The van der Waals surface area contributed by atoms with Gasteiger partial charge in [0.05, 0.1) is 29.8 Å². The molecule has 1 aromatic heterocycles. The van der Waals surface area contributed by atoms with Crippen LogP contribution in [0.5, 0.6) is 0 Å². The van der Waals surface area contributed by atoms with Crippen molar-refractivity contribution in [1.82, 2.24) is 4.98 Å². The summed E-state index contributed by atoms with van der Waals surface area (Å²) in [6.45, 7) is 0. The Bertz CT molecular complexity index is 490. The molecule has 0 spiro atoms. The van der Waals surface area contributed by atoms with Crippen LogP contribution in [-0.2, 0) is 22.1 Å². The number of hydrogen-bond acceptors (Lipinski definition) is 3. The van der Waals surface area contributed by atoms with Gasteiger partial charge in [-0.1, -0.05) is 11.6 Å². The molecule has 0 radical (unpaired) electrons. The molecular formula is C10H7ClF5NO2. The van der Waals surface area contributed by atoms with Crippen molar-refractivity contribution >= 4 is 17.6 Å². The lowest BCUT2D eigenvalue weighted by Crippen LogP contribution is -2.17. The topological polar surface area (TPSA) is 39.2 Å². The second-order valence-electron chi connectivity index (χ2n) is 3.40. The van der Waals surface area contributed by atoms with Gasteiger partial charge in [0.15, 0.2) is 0 Å². The van der Waals surface area contributed by atoms with Crippen molar-refractivity contribution in [2.45, 2.75) is 19.0 Å². The SMILES string of the molecule is COC(=O)Cc1nc(C(F)F)cc(Cl)c1C(F)(F)F. The molecule has 1 rings (SSSR count). The molecule has 106 valence electrons. The summed E-state index contributed by atoms with van der Waals surface area (Å²) in [5.41, 5.74) is -3.23. The number of aromatic nitrogens is 1. The van der Waals surface area contributed by atoms with Gasteiger partial charge in [0.2, 0.25) is 0 Å². The summed E-state index contributed by atoms with van der Waals surface area (Å²) < 4.78 is 67.3. The summed E-state index contributed by atoms with van der Waals surface area (Å²) in [6, 6.07) is 0.426. The second kappa shape index (κ2) is 5.68. The molecular weight excluding hydrogens is 297 g/mol. The molecule has 0 N–H and O–H groups in total. The van der Waals surface area contributed by atoms with Crippen LogP contribution in [0.1, 0.15) is 23.4 Å². The van der Waals surface area contributed by atoms with Gasteiger partial charge in [-0.15, -0.1) is 0 Å². The summed E-state index contributed by atoms with van der Waals surface area (Å²) in [6.07, 6.45) is -8.91. The monoisotopic (exact) mass is 303 g/mol. The highest BCUT2D eigenvalue weighted by atomic mass is 35.5. The molecule has 0 amide bonds. The first-order chi connectivity index (χ1) is 8.66. The average molecular weight is 304 g/mol. The van der Waals surface area contributed by atoms with E-state index in [1.54, 1.807) is 0 Å². The van der Waals surface area contributed by atoms with E-state index in [1.165, 1.54) is 0 Å². The Kier molecular flexibility index (Phi) is 4.67. The second-order valence-corrected chi connectivity index (χ2v) is 3.81. The number of methoxy groups -OCH3 is 1. The normalized spacial score (nSPS) is 11.8. The van der Waals surface area contributed by atoms with Gasteiger partial charge < -0.3 is 4.74 Å². The van der Waals surface area contributed by atoms with Crippen LogP contribution in [-0.4, -0.2) is 18.1 Å². The van der Waals surface area contributed by atoms with Crippen LogP contribution < -0.4 is 0 Å². The largest absolute Gasteiger partial charge is 0.469 e. The Balaban J connectivity index is 3.40. The number of alkyl halides is 5. The summed E-state index contributed by atoms with van der Waals surface area (Å²) in [5.74, 6) is -1.04. The van der Waals surface area contributed by atoms with E-state index in [2.05, 4.69) is 9.72 Å². The van der Waals surface area contributed by atoms with Crippen molar-refractivity contribution in [3.63, 3.8) is 0 Å². The van der Waals surface area contributed by atoms with Crippen LogP contribution in [0.3, 0.4) is 0 Å². The molecule has 1 aromatic rings. The fourth-order valence-electron chi connectivity index (χ4n) is 1.33. The van der Waals surface area contributed by atoms with Gasteiger partial charge in [0.25, 0.3) is 6.43 Å². The molecule has 0 aromatic carbocycles. The quantitative estimate of drug-likeness (QED) is 0.634. The van der Waals surface area contributed by atoms with Crippen molar-refractivity contribution < 1.29 is 31.5 Å². The third-order valence-electron chi connectivity index (χ3n) is 2.11. The maximum Gasteiger partial charge on any atom is 0.419 e. The van der Waals surface area contributed by atoms with Gasteiger partial charge in [-0.3, -0.25) is 9.78 Å². The van der Waals surface area contributed by atoms with Gasteiger partial charge in [-0.05, 0) is 6.07 Å². The van der Waals surface area contributed by atoms with Crippen molar-refractivity contribution in [3.05, 3.63) is 28.0 Å². The number of carbonyl (C=O) groups excluding carboxylic acids is 1. The van der Waals surface area contributed by atoms with Gasteiger partial charge >= 0.3 is 12.1 Å². The van der Waals surface area contributed by atoms with E-state index in [-0.39, 0.29) is 0 Å². The van der Waals surface area contributed by atoms with E-state index in [1.807, 2.05) is 0 Å². The van der Waals surface area contributed by atoms with Crippen LogP contribution in [0.4, 0.5) is 22.0 Å². The fraction of sp³-hybridized carbons (Fsp3) is 0.400. The Hall–Kier alpha value is -1.44. The van der Waals surface area contributed by atoms with E-state index in [0.717, 1.165) is 7.11 Å². The van der Waals surface area contributed by atoms with E-state index in [0.29, 0.717) is 6.07 Å². The van der Waals surface area contributed by atoms with Crippen LogP contribution in [0, 0.1) is 0 Å². The van der Waals surface area contributed by atoms with E-state index in [4.69, 9.17) is 11.6 Å². The zero-order valence-corrected chi connectivity index (χ0v) is 10.1. The standard InChI is InChI=1S/C10H7ClF5NO2/c1-19-7(18)3-5-8(10(14,15)16)4(11)2-6(17-5)9(12)13/h2,9H,3H2,1H3. The molecule has 3 nitrogen and oxygen atoms in total. The molecule has 1 heterocycles. The first-order valence-electron chi connectivity index (χ1n) is 4.78. The highest BCUT2D eigenvalue weighted by Gasteiger charge is 2.38. The van der Waals surface area contributed by atoms with Crippen LogP contribution in [0.15, 0.2) is 6.07 Å². The number of ether oxygens (including phenoxy) is 1. The lowest BCUT2D eigenvalue weighted by atomic mass is 10.1. The first kappa shape index (κ1) is 15.6. The maximum atomic E-state index is 12.7. The van der Waals surface area contributed by atoms with Gasteiger partial charge in [-0.25, -0.2) is 8.78 Å². The summed E-state index contributed by atoms with van der Waals surface area (Å²) >= 11 is 5.34. The number of hydrogen-bond donors (Lipinski definition) is 0. The number of rotatable bonds is 3. The van der Waals surface area contributed by atoms with E-state index in [9.17, 15) is 26.7 Å². The summed E-state index contributed by atoms with van der Waals surface area (Å²) in [7, 11) is 0.953. The molecule has 0 saturated heterocycles. The van der Waals surface area contributed by atoms with Crippen molar-refractivity contribution in [3.8, 4) is 0 Å². The average Bonchev–Trinajstić information content (AvgIpc) is 2.25. The molecule has 0 fully saturated rings. The Morgan fingerprint density at radius 3 is 2.47 bits per heavy atom. The minimum Gasteiger partial charge on any atom is -0.469 e. The number of nitrogens with zero attached hydrogens (tertiary/aromatic N) is 1. The molecule has 9 heteroatoms. The predicted octanol–water partition coefficient (Wildman–Crippen LogP) is 3.41. The molecule has 0 aliphatic rings. The molecule has 19 heavy (non-hydrogen) atoms. The summed E-state index contributed by atoms with van der Waals surface area (Å²) in [5, 5.41) is -0.934. The van der Waals surface area contributed by atoms with Crippen molar-refractivity contribution in [2.24, 2.45) is 0 Å². The highest BCUT2D eigenvalue weighted by Crippen LogP contribution is 2.38. The zero-order valence-electron chi connectivity index (χ0n) is 9.39. The third kappa shape index (κ3) is 3.76. The lowest BCUT2D eigenvalue weighted by Gasteiger charge is -2.14. The first-order valence-corrected chi connectivity index (χ1v) is 5.16. The minimum absolute atomic E-state index is 0.426. The minimum atomic E-state index is -4.91. The molecule has 0 atom stereocenters. The molecule has 0 aliphatic heterocycles. The Morgan fingerprint density at radius 2 is 2.05 bits per heavy atom. The zero-order chi connectivity index (χ0) is 14.8. The summed E-state index contributed by atoms with van der Waals surface area (Å²) in [4.78, 5) is 14.1. The molecule has 0 aliphatic carbocycles. The van der Waals surface area contributed by atoms with Crippen LogP contribution in [0.25, 0.3) is 0 Å². The van der Waals surface area contributed by atoms with Gasteiger partial charge in [-0.2, -0.15) is 13.2 Å². The number of carbonyl (C=O) groups is 1. The number of halogens is 6. The van der Waals surface area contributed by atoms with Crippen molar-refractivity contribution in [2.75, 3.05) is 7.11 Å². The number of pyridine rings is 1. The molecule has 0 saturated carbocycles. The van der Waals surface area contributed by atoms with Crippen molar-refractivity contribution in [1.29, 1.82) is 0 Å². The Morgan fingerprint density at radius 1 is 1.47 bits per heavy atom. The van der Waals surface area contributed by atoms with E-state index < -0.39 is 47.0 Å². The maximum absolute atomic E-state index is 12.7. The highest BCUT2D eigenvalue weighted by molar-refractivity contribution is 6.31. The van der Waals surface area contributed by atoms with E-state index >= 15 is 0 Å². The fourth-order valence-corrected chi connectivity index (χ4v) is 1.66. The van der Waals surface area contributed by atoms with Crippen LogP contribution in [0.2, 0.25) is 5.02 Å². The smallest absolute Gasteiger partial charge is 0.419 e. The predicted molar refractivity (Wildman–Crippen MR) is 54.9 cm³/mol. The molecule has 0 bridgehead atoms. The third-order valence-corrected chi connectivity index (χ3v) is 2.41. The van der Waals surface area contributed by atoms with Gasteiger partial charge in [0.1, 0.15) is 5.69 Å². The molecule has 0 unspecified atom stereocenters. The Labute approximate surface area is 109 Å². The number of esters is 1. The van der Waals surface area contributed by atoms with Gasteiger partial charge in [0, 0.05) is 0 Å². The lowest BCUT2D eigenvalue weighted by molar-refractivity contribution is -0.141. The van der Waals surface area contributed by atoms with Crippen LogP contribution >= 0.6 is 11.6 Å².